The molecule has 0 amide bonds. The van der Waals surface area contributed by atoms with Crippen molar-refractivity contribution in [1.82, 2.24) is 0 Å². The largest absolute Gasteiger partial charge is 0.416 e. The smallest absolute Gasteiger partial charge is 0.325 e. The van der Waals surface area contributed by atoms with Crippen LogP contribution in [0.2, 0.25) is 50.4 Å². The van der Waals surface area contributed by atoms with Crippen LogP contribution in [0.1, 0.15) is 25.7 Å². The van der Waals surface area contributed by atoms with Gasteiger partial charge in [-0.1, -0.05) is 72.8 Å². The minimum absolute atomic E-state index is 0.821. The molecule has 4 aromatic rings. The molecular weight excluding hydrogens is 753 g/mol. The Morgan fingerprint density at radius 3 is 0.800 bits per heavy atom. The summed E-state index contributed by atoms with van der Waals surface area (Å²) in [5.74, 6) is 0. The van der Waals surface area contributed by atoms with E-state index < -0.39 is 34.2 Å². The zero-order chi connectivity index (χ0) is 39.3. The van der Waals surface area contributed by atoms with Crippen molar-refractivity contribution < 1.29 is 21.2 Å². The number of rotatable bonds is 28. The summed E-state index contributed by atoms with van der Waals surface area (Å²) in [7, 11) is -7.38. The first kappa shape index (κ1) is 44.5. The van der Waals surface area contributed by atoms with E-state index in [0.717, 1.165) is 98.8 Å². The zero-order valence-corrected chi connectivity index (χ0v) is 38.1. The maximum absolute atomic E-state index is 7.53. The molecule has 0 saturated heterocycles. The molecule has 0 spiro atoms. The quantitative estimate of drug-likeness (QED) is 0.0330. The van der Waals surface area contributed by atoms with Crippen molar-refractivity contribution >= 4 is 57.0 Å². The van der Waals surface area contributed by atoms with Gasteiger partial charge in [0, 0.05) is 63.1 Å². The van der Waals surface area contributed by atoms with Crippen molar-refractivity contribution in [3.8, 4) is 0 Å². The Morgan fingerprint density at radius 1 is 0.345 bits per heavy atom. The minimum atomic E-state index is -2.88. The van der Waals surface area contributed by atoms with E-state index in [1.165, 1.54) is 0 Å². The van der Waals surface area contributed by atoms with Crippen molar-refractivity contribution in [2.24, 2.45) is 0 Å². The van der Waals surface area contributed by atoms with Gasteiger partial charge in [-0.25, -0.2) is 0 Å². The van der Waals surface area contributed by atoms with Crippen LogP contribution in [0.3, 0.4) is 0 Å². The fourth-order valence-corrected chi connectivity index (χ4v) is 25.6. The molecule has 55 heavy (non-hydrogen) atoms. The van der Waals surface area contributed by atoms with E-state index in [1.807, 2.05) is 38.5 Å². The van der Waals surface area contributed by atoms with E-state index in [9.17, 15) is 0 Å². The Hall–Kier alpha value is -3.25. The highest BCUT2D eigenvalue weighted by Gasteiger charge is 2.50. The molecule has 9 nitrogen and oxygen atoms in total. The van der Waals surface area contributed by atoms with Crippen LogP contribution in [0.25, 0.3) is 0 Å². The second-order valence-electron chi connectivity index (χ2n) is 14.8. The average molecular weight is 819 g/mol. The lowest BCUT2D eigenvalue weighted by molar-refractivity contribution is 0.232. The maximum atomic E-state index is 7.53. The van der Waals surface area contributed by atoms with E-state index in [2.05, 4.69) is 145 Å². The molecule has 300 valence electrons. The van der Waals surface area contributed by atoms with Gasteiger partial charge >= 0.3 is 34.2 Å². The van der Waals surface area contributed by atoms with E-state index in [4.69, 9.17) is 21.2 Å². The molecule has 0 aliphatic carbocycles. The van der Waals surface area contributed by atoms with Crippen LogP contribution in [0.5, 0.6) is 0 Å². The fourth-order valence-electron chi connectivity index (χ4n) is 6.80. The van der Waals surface area contributed by atoms with E-state index in [0.29, 0.717) is 0 Å². The van der Waals surface area contributed by atoms with Crippen LogP contribution in [-0.4, -0.2) is 74.6 Å². The topological polar surface area (TPSA) is 94.3 Å². The average Bonchev–Trinajstić information content (AvgIpc) is 3.20. The Bertz CT molecular complexity index is 1490. The molecule has 0 aliphatic rings. The second-order valence-corrected chi connectivity index (χ2v) is 29.2. The predicted molar refractivity (Wildman–Crippen MR) is 241 cm³/mol. The lowest BCUT2D eigenvalue weighted by atomic mass is 10.3. The number of anilines is 4. The van der Waals surface area contributed by atoms with Gasteiger partial charge in [0.15, 0.2) is 0 Å². The summed E-state index contributed by atoms with van der Waals surface area (Å²) in [5.41, 5.74) is 4.48. The number of benzene rings is 4. The Kier molecular flexibility index (Phi) is 18.7. The second kappa shape index (κ2) is 23.1. The third-order valence-corrected chi connectivity index (χ3v) is 26.9. The predicted octanol–water partition coefficient (Wildman–Crippen LogP) is 10.6. The fraction of sp³-hybridized carbons (Fsp3) is 0.429. The number of nitrogens with one attached hydrogen (secondary N) is 4. The first-order chi connectivity index (χ1) is 26.6. The third kappa shape index (κ3) is 16.8. The molecule has 0 radical (unpaired) electrons. The van der Waals surface area contributed by atoms with Gasteiger partial charge in [-0.3, -0.25) is 0 Å². The molecule has 4 aromatic carbocycles. The standard InChI is InChI=1S/C42H66N4O5Si4/c1-47-52(3,35-19-31-43-39-23-11-7-12-24-39)49-54(5,37-21-33-45-41-27-15-9-16-28-41)51-55(6,38-22-34-46-42-29-17-10-18-30-42)50-53(4,48-2)36-20-32-44-40-25-13-8-14-26-40/h7-18,23-30,43-46H,19-22,31-38H2,1-6H3. The van der Waals surface area contributed by atoms with Crippen molar-refractivity contribution in [3.63, 3.8) is 0 Å². The Labute approximate surface area is 335 Å². The lowest BCUT2D eigenvalue weighted by Gasteiger charge is -2.44. The molecule has 0 aliphatic heterocycles. The van der Waals surface area contributed by atoms with Crippen molar-refractivity contribution in [2.45, 2.75) is 76.0 Å². The van der Waals surface area contributed by atoms with E-state index in [1.54, 1.807) is 0 Å². The summed E-state index contributed by atoms with van der Waals surface area (Å²) >= 11 is 0. The SMILES string of the molecule is CO[Si](C)(CCCNc1ccccc1)O[Si](C)(CCCNc1ccccc1)O[Si](C)(CCCNc1ccccc1)O[Si](C)(CCCNc1ccccc1)OC. The van der Waals surface area contributed by atoms with Crippen LogP contribution < -0.4 is 21.3 Å². The minimum Gasteiger partial charge on any atom is -0.416 e. The normalized spacial score (nSPS) is 15.8. The van der Waals surface area contributed by atoms with Gasteiger partial charge in [0.25, 0.3) is 0 Å². The highest BCUT2D eigenvalue weighted by atomic mass is 28.5. The van der Waals surface area contributed by atoms with Crippen molar-refractivity contribution in [1.29, 1.82) is 0 Å². The van der Waals surface area contributed by atoms with Gasteiger partial charge in [-0.15, -0.1) is 0 Å². The summed E-state index contributed by atoms with van der Waals surface area (Å²) in [6.45, 7) is 12.2. The third-order valence-electron chi connectivity index (χ3n) is 9.80. The van der Waals surface area contributed by atoms with Crippen LogP contribution in [0, 0.1) is 0 Å². The molecule has 0 bridgehead atoms. The lowest BCUT2D eigenvalue weighted by Crippen LogP contribution is -2.60. The van der Waals surface area contributed by atoms with Crippen LogP contribution in [-0.2, 0) is 21.2 Å². The first-order valence-electron chi connectivity index (χ1n) is 19.9. The molecular formula is C42H66N4O5Si4. The monoisotopic (exact) mass is 818 g/mol. The highest BCUT2D eigenvalue weighted by Crippen LogP contribution is 2.33. The van der Waals surface area contributed by atoms with E-state index in [-0.39, 0.29) is 0 Å². The Morgan fingerprint density at radius 2 is 0.564 bits per heavy atom. The van der Waals surface area contributed by atoms with Gasteiger partial charge in [0.05, 0.1) is 0 Å². The van der Waals surface area contributed by atoms with Crippen molar-refractivity contribution in [3.05, 3.63) is 121 Å². The molecule has 4 rings (SSSR count). The summed E-state index contributed by atoms with van der Waals surface area (Å²) in [6, 6.07) is 44.8. The molecule has 4 atom stereocenters. The van der Waals surface area contributed by atoms with E-state index >= 15 is 0 Å². The molecule has 0 aromatic heterocycles. The number of hydrogen-bond acceptors (Lipinski definition) is 9. The first-order valence-corrected chi connectivity index (χ1v) is 30.0. The number of para-hydroxylation sites is 4. The van der Waals surface area contributed by atoms with Crippen molar-refractivity contribution in [2.75, 3.05) is 61.7 Å². The molecule has 4 unspecified atom stereocenters. The van der Waals surface area contributed by atoms with Crippen LogP contribution in [0.15, 0.2) is 121 Å². The van der Waals surface area contributed by atoms with Crippen LogP contribution >= 0.6 is 0 Å². The molecule has 0 heterocycles. The van der Waals surface area contributed by atoms with Gasteiger partial charge in [0.1, 0.15) is 0 Å². The van der Waals surface area contributed by atoms with Gasteiger partial charge in [-0.2, -0.15) is 0 Å². The summed E-state index contributed by atoms with van der Waals surface area (Å²) in [5, 5.41) is 14.3. The molecule has 0 saturated carbocycles. The molecule has 13 heteroatoms. The summed E-state index contributed by atoms with van der Waals surface area (Å²) in [6.07, 6.45) is 3.69. The van der Waals surface area contributed by atoms with Gasteiger partial charge in [-0.05, 0) is 125 Å². The molecule has 0 fully saturated rings. The maximum Gasteiger partial charge on any atom is 0.325 e. The molecule has 4 N–H and O–H groups in total. The van der Waals surface area contributed by atoms with Gasteiger partial charge < -0.3 is 42.5 Å². The summed E-state index contributed by atoms with van der Waals surface area (Å²) in [4.78, 5) is 0. The summed E-state index contributed by atoms with van der Waals surface area (Å²) < 4.78 is 34.8. The number of hydrogen-bond donors (Lipinski definition) is 4. The van der Waals surface area contributed by atoms with Crippen LogP contribution in [0.4, 0.5) is 22.7 Å². The Balaban J connectivity index is 1.50. The highest BCUT2D eigenvalue weighted by molar-refractivity contribution is 6.88. The van der Waals surface area contributed by atoms with Gasteiger partial charge in [0.2, 0.25) is 0 Å². The zero-order valence-electron chi connectivity index (χ0n) is 34.1.